The first-order valence-electron chi connectivity index (χ1n) is 28.2. The Morgan fingerprint density at radius 1 is 0.414 bits per heavy atom. The van der Waals surface area contributed by atoms with E-state index in [9.17, 15) is 28.9 Å². The topological polar surface area (TPSA) is 155 Å². The molecule has 0 amide bonds. The highest BCUT2D eigenvalue weighted by molar-refractivity contribution is 7.47. The highest BCUT2D eigenvalue weighted by Gasteiger charge is 2.28. The van der Waals surface area contributed by atoms with Crippen molar-refractivity contribution >= 4 is 25.7 Å². The minimum absolute atomic E-state index is 0.154. The standard InChI is InChI=1S/C58H103O11P/c1-4-7-10-13-16-19-22-24-25-26-27-28-29-31-33-35-38-41-44-47-56(60)65-51-55(69-58(62)49-46-43-40-37-34-30-23-20-17-14-11-8-5-2)53-67-70(63,64)66-52-54(50-59)68-57(61)48-45-42-39-36-32-21-18-15-12-9-6-3/h7,10,16,19-20,23-25,27-28,54-55,59H,4-6,8-9,11-15,17-18,21-22,26,29-53H2,1-3H3,(H,63,64)/b10-7-,19-16-,23-20-,25-24-,28-27-. The summed E-state index contributed by atoms with van der Waals surface area (Å²) < 4.78 is 39.4. The van der Waals surface area contributed by atoms with E-state index in [-0.39, 0.29) is 25.9 Å². The van der Waals surface area contributed by atoms with Crippen molar-refractivity contribution in [3.05, 3.63) is 60.8 Å². The van der Waals surface area contributed by atoms with Gasteiger partial charge in [0.25, 0.3) is 0 Å². The SMILES string of the molecule is CC/C=C\C/C=C\C/C=C\C/C=C\CCCCCCCCC(=O)OCC(COP(=O)(O)OCC(CO)OC(=O)CCCCCCCCCCCCC)OC(=O)CCCCCCC/C=C\CCCCCC. The summed E-state index contributed by atoms with van der Waals surface area (Å²) in [4.78, 5) is 48.4. The van der Waals surface area contributed by atoms with E-state index < -0.39 is 57.8 Å². The molecule has 3 atom stereocenters. The molecule has 0 radical (unpaired) electrons. The average Bonchev–Trinajstić information content (AvgIpc) is 3.35. The number of esters is 3. The summed E-state index contributed by atoms with van der Waals surface area (Å²) in [6, 6.07) is 0. The molecule has 0 aromatic rings. The van der Waals surface area contributed by atoms with Crippen LogP contribution in [0.2, 0.25) is 0 Å². The van der Waals surface area contributed by atoms with E-state index >= 15 is 0 Å². The Bertz CT molecular complexity index is 1410. The lowest BCUT2D eigenvalue weighted by Crippen LogP contribution is -2.30. The van der Waals surface area contributed by atoms with E-state index in [0.717, 1.165) is 122 Å². The average molecular weight is 1010 g/mol. The Hall–Kier alpha value is -2.82. The van der Waals surface area contributed by atoms with Gasteiger partial charge in [0.15, 0.2) is 6.10 Å². The molecule has 70 heavy (non-hydrogen) atoms. The Morgan fingerprint density at radius 2 is 0.743 bits per heavy atom. The summed E-state index contributed by atoms with van der Waals surface area (Å²) in [6.07, 6.45) is 56.1. The minimum atomic E-state index is -4.75. The van der Waals surface area contributed by atoms with E-state index in [0.29, 0.717) is 19.3 Å². The van der Waals surface area contributed by atoms with Crippen molar-refractivity contribution in [3.8, 4) is 0 Å². The van der Waals surface area contributed by atoms with Gasteiger partial charge in [0.2, 0.25) is 0 Å². The Morgan fingerprint density at radius 3 is 1.17 bits per heavy atom. The molecular formula is C58H103O11P. The molecule has 11 nitrogen and oxygen atoms in total. The summed E-state index contributed by atoms with van der Waals surface area (Å²) in [6.45, 7) is 4.49. The number of ether oxygens (including phenoxy) is 3. The molecule has 0 spiro atoms. The third-order valence-electron chi connectivity index (χ3n) is 11.9. The summed E-state index contributed by atoms with van der Waals surface area (Å²) in [5, 5.41) is 9.78. The molecule has 0 aromatic heterocycles. The van der Waals surface area contributed by atoms with Crippen LogP contribution in [-0.4, -0.2) is 66.5 Å². The van der Waals surface area contributed by atoms with Crippen LogP contribution in [0, 0.1) is 0 Å². The second-order valence-corrected chi connectivity index (χ2v) is 20.2. The molecular weight excluding hydrogens is 904 g/mol. The fraction of sp³-hybridized carbons (Fsp3) is 0.776. The van der Waals surface area contributed by atoms with Crippen LogP contribution in [0.15, 0.2) is 60.8 Å². The van der Waals surface area contributed by atoms with Crippen LogP contribution in [0.1, 0.15) is 252 Å². The maximum atomic E-state index is 12.9. The molecule has 406 valence electrons. The van der Waals surface area contributed by atoms with Crippen LogP contribution in [0.3, 0.4) is 0 Å². The van der Waals surface area contributed by atoms with Gasteiger partial charge in [-0.2, -0.15) is 0 Å². The van der Waals surface area contributed by atoms with Crippen molar-refractivity contribution < 1.29 is 52.2 Å². The Kier molecular flexibility index (Phi) is 50.4. The third-order valence-corrected chi connectivity index (χ3v) is 12.9. The van der Waals surface area contributed by atoms with Gasteiger partial charge in [-0.1, -0.05) is 210 Å². The molecule has 0 rings (SSSR count). The Labute approximate surface area is 427 Å². The zero-order valence-electron chi connectivity index (χ0n) is 44.7. The van der Waals surface area contributed by atoms with Gasteiger partial charge in [-0.3, -0.25) is 23.4 Å². The van der Waals surface area contributed by atoms with Gasteiger partial charge in [0.05, 0.1) is 19.8 Å². The number of carbonyl (C=O) groups excluding carboxylic acids is 3. The van der Waals surface area contributed by atoms with Crippen LogP contribution in [-0.2, 0) is 42.2 Å². The molecule has 0 bridgehead atoms. The highest BCUT2D eigenvalue weighted by Crippen LogP contribution is 2.43. The quantitative estimate of drug-likeness (QED) is 0.0197. The molecule has 0 heterocycles. The monoisotopic (exact) mass is 1010 g/mol. The van der Waals surface area contributed by atoms with E-state index in [1.165, 1.54) is 70.6 Å². The van der Waals surface area contributed by atoms with Gasteiger partial charge in [0, 0.05) is 19.3 Å². The fourth-order valence-corrected chi connectivity index (χ4v) is 8.42. The fourth-order valence-electron chi connectivity index (χ4n) is 7.64. The molecule has 0 aliphatic heterocycles. The second kappa shape index (κ2) is 52.5. The van der Waals surface area contributed by atoms with Gasteiger partial charge in [0.1, 0.15) is 12.7 Å². The van der Waals surface area contributed by atoms with E-state index in [1.807, 2.05) is 0 Å². The number of aliphatic hydroxyl groups is 1. The van der Waals surface area contributed by atoms with Gasteiger partial charge in [-0.15, -0.1) is 0 Å². The van der Waals surface area contributed by atoms with Crippen LogP contribution in [0.5, 0.6) is 0 Å². The van der Waals surface area contributed by atoms with Crippen molar-refractivity contribution in [1.82, 2.24) is 0 Å². The van der Waals surface area contributed by atoms with Crippen molar-refractivity contribution in [2.75, 3.05) is 26.4 Å². The largest absolute Gasteiger partial charge is 0.472 e. The first-order chi connectivity index (χ1) is 34.2. The third kappa shape index (κ3) is 50.1. The smallest absolute Gasteiger partial charge is 0.462 e. The zero-order valence-corrected chi connectivity index (χ0v) is 45.6. The van der Waals surface area contributed by atoms with Crippen molar-refractivity contribution in [1.29, 1.82) is 0 Å². The molecule has 0 aliphatic carbocycles. The summed E-state index contributed by atoms with van der Waals surface area (Å²) >= 11 is 0. The molecule has 0 fully saturated rings. The van der Waals surface area contributed by atoms with Gasteiger partial charge in [-0.25, -0.2) is 4.57 Å². The molecule has 0 saturated heterocycles. The van der Waals surface area contributed by atoms with E-state index in [1.54, 1.807) is 0 Å². The van der Waals surface area contributed by atoms with Crippen LogP contribution < -0.4 is 0 Å². The molecule has 0 aliphatic rings. The first-order valence-corrected chi connectivity index (χ1v) is 29.7. The number of hydrogen-bond donors (Lipinski definition) is 2. The van der Waals surface area contributed by atoms with Crippen LogP contribution >= 0.6 is 7.82 Å². The number of carbonyl (C=O) groups is 3. The summed E-state index contributed by atoms with van der Waals surface area (Å²) in [5.41, 5.74) is 0. The maximum Gasteiger partial charge on any atom is 0.472 e. The lowest BCUT2D eigenvalue weighted by atomic mass is 10.1. The van der Waals surface area contributed by atoms with Crippen molar-refractivity contribution in [2.45, 2.75) is 264 Å². The number of rotatable bonds is 52. The molecule has 0 aromatic carbocycles. The second-order valence-electron chi connectivity index (χ2n) is 18.7. The van der Waals surface area contributed by atoms with E-state index in [4.69, 9.17) is 23.3 Å². The summed E-state index contributed by atoms with van der Waals surface area (Å²) in [5.74, 6) is -1.48. The molecule has 0 saturated carbocycles. The predicted octanol–water partition coefficient (Wildman–Crippen LogP) is 16.4. The number of allylic oxidation sites excluding steroid dienone is 10. The first kappa shape index (κ1) is 67.2. The van der Waals surface area contributed by atoms with Crippen molar-refractivity contribution in [3.63, 3.8) is 0 Å². The molecule has 12 heteroatoms. The number of aliphatic hydroxyl groups excluding tert-OH is 1. The highest BCUT2D eigenvalue weighted by atomic mass is 31.2. The van der Waals surface area contributed by atoms with E-state index in [2.05, 4.69) is 81.5 Å². The number of hydrogen-bond acceptors (Lipinski definition) is 10. The lowest BCUT2D eigenvalue weighted by molar-refractivity contribution is -0.161. The van der Waals surface area contributed by atoms with Gasteiger partial charge < -0.3 is 24.2 Å². The minimum Gasteiger partial charge on any atom is -0.462 e. The lowest BCUT2D eigenvalue weighted by Gasteiger charge is -2.21. The molecule has 3 unspecified atom stereocenters. The maximum absolute atomic E-state index is 12.9. The van der Waals surface area contributed by atoms with Crippen molar-refractivity contribution in [2.24, 2.45) is 0 Å². The predicted molar refractivity (Wildman–Crippen MR) is 288 cm³/mol. The molecule has 2 N–H and O–H groups in total. The number of phosphoric acid groups is 1. The van der Waals surface area contributed by atoms with Crippen LogP contribution in [0.4, 0.5) is 0 Å². The number of phosphoric ester groups is 1. The van der Waals surface area contributed by atoms with Crippen LogP contribution in [0.25, 0.3) is 0 Å². The summed E-state index contributed by atoms with van der Waals surface area (Å²) in [7, 11) is -4.75. The number of unbranched alkanes of at least 4 members (excludes halogenated alkanes) is 25. The van der Waals surface area contributed by atoms with Gasteiger partial charge in [-0.05, 0) is 83.5 Å². The van der Waals surface area contributed by atoms with Gasteiger partial charge >= 0.3 is 25.7 Å². The Balaban J connectivity index is 4.73. The normalized spacial score (nSPS) is 13.8. The zero-order chi connectivity index (χ0) is 51.3.